The first-order chi connectivity index (χ1) is 13.6. The third-order valence-electron chi connectivity index (χ3n) is 5.65. The number of aromatic nitrogens is 2. The second kappa shape index (κ2) is 6.34. The summed E-state index contributed by atoms with van der Waals surface area (Å²) >= 11 is 0. The molecule has 5 rings (SSSR count). The average Bonchev–Trinajstić information content (AvgIpc) is 3.47. The summed E-state index contributed by atoms with van der Waals surface area (Å²) < 4.78 is 0. The molecule has 0 saturated heterocycles. The standard InChI is InChI=1S/C24H21N3O/c1-24(13-14-24)17-11-9-16(10-12-17)22-20-7-2-3-8-21(20)23(27-26-22)25-18-5-4-6-19(28)15-18/h2-12,15,28H,13-14H2,1H3,(H,25,27). The van der Waals surface area contributed by atoms with Crippen LogP contribution in [0.5, 0.6) is 5.75 Å². The molecular formula is C24H21N3O. The van der Waals surface area contributed by atoms with Crippen molar-refractivity contribution in [2.75, 3.05) is 5.32 Å². The van der Waals surface area contributed by atoms with Crippen LogP contribution in [0.25, 0.3) is 22.0 Å². The number of nitrogens with one attached hydrogen (secondary N) is 1. The fraction of sp³-hybridized carbons (Fsp3) is 0.167. The molecule has 0 atom stereocenters. The van der Waals surface area contributed by atoms with Gasteiger partial charge in [0, 0.05) is 28.1 Å². The molecule has 2 N–H and O–H groups in total. The van der Waals surface area contributed by atoms with E-state index in [0.717, 1.165) is 27.7 Å². The summed E-state index contributed by atoms with van der Waals surface area (Å²) in [5.41, 5.74) is 4.48. The lowest BCUT2D eigenvalue weighted by molar-refractivity contribution is 0.475. The second-order valence-corrected chi connectivity index (χ2v) is 7.76. The van der Waals surface area contributed by atoms with Gasteiger partial charge in [-0.3, -0.25) is 0 Å². The van der Waals surface area contributed by atoms with E-state index in [-0.39, 0.29) is 5.75 Å². The van der Waals surface area contributed by atoms with Crippen LogP contribution in [0.15, 0.2) is 72.8 Å². The maximum Gasteiger partial charge on any atom is 0.161 e. The Labute approximate surface area is 163 Å². The van der Waals surface area contributed by atoms with E-state index in [4.69, 9.17) is 0 Å². The monoisotopic (exact) mass is 367 g/mol. The number of anilines is 2. The van der Waals surface area contributed by atoms with Crippen molar-refractivity contribution in [3.8, 4) is 17.0 Å². The number of hydrogen-bond donors (Lipinski definition) is 2. The summed E-state index contributed by atoms with van der Waals surface area (Å²) in [7, 11) is 0. The van der Waals surface area contributed by atoms with Gasteiger partial charge in [-0.2, -0.15) is 0 Å². The van der Waals surface area contributed by atoms with Crippen molar-refractivity contribution < 1.29 is 5.11 Å². The molecule has 1 saturated carbocycles. The van der Waals surface area contributed by atoms with Crippen LogP contribution in [-0.2, 0) is 5.41 Å². The molecule has 3 aromatic carbocycles. The summed E-state index contributed by atoms with van der Waals surface area (Å²) in [6, 6.07) is 23.9. The highest BCUT2D eigenvalue weighted by Crippen LogP contribution is 2.47. The first-order valence-electron chi connectivity index (χ1n) is 9.55. The summed E-state index contributed by atoms with van der Waals surface area (Å²) in [5.74, 6) is 0.885. The predicted molar refractivity (Wildman–Crippen MR) is 113 cm³/mol. The Morgan fingerprint density at radius 2 is 1.61 bits per heavy atom. The van der Waals surface area contributed by atoms with Gasteiger partial charge in [0.1, 0.15) is 11.4 Å². The maximum atomic E-state index is 9.71. The number of benzene rings is 3. The van der Waals surface area contributed by atoms with Crippen molar-refractivity contribution in [1.29, 1.82) is 0 Å². The highest BCUT2D eigenvalue weighted by molar-refractivity contribution is 6.00. The van der Waals surface area contributed by atoms with E-state index < -0.39 is 0 Å². The van der Waals surface area contributed by atoms with Gasteiger partial charge in [0.15, 0.2) is 5.82 Å². The molecule has 4 heteroatoms. The Morgan fingerprint density at radius 1 is 0.857 bits per heavy atom. The van der Waals surface area contributed by atoms with Gasteiger partial charge in [-0.1, -0.05) is 61.5 Å². The van der Waals surface area contributed by atoms with Crippen LogP contribution in [0.4, 0.5) is 11.5 Å². The minimum absolute atomic E-state index is 0.211. The number of phenolic OH excluding ortho intramolecular Hbond substituents is 1. The molecule has 0 aliphatic heterocycles. The fourth-order valence-corrected chi connectivity index (χ4v) is 3.64. The van der Waals surface area contributed by atoms with E-state index in [0.29, 0.717) is 11.2 Å². The Hall–Kier alpha value is -3.40. The smallest absolute Gasteiger partial charge is 0.161 e. The second-order valence-electron chi connectivity index (χ2n) is 7.76. The van der Waals surface area contributed by atoms with E-state index >= 15 is 0 Å². The van der Waals surface area contributed by atoms with Crippen LogP contribution in [0.2, 0.25) is 0 Å². The van der Waals surface area contributed by atoms with Crippen molar-refractivity contribution >= 4 is 22.3 Å². The van der Waals surface area contributed by atoms with Gasteiger partial charge in [-0.15, -0.1) is 10.2 Å². The fourth-order valence-electron chi connectivity index (χ4n) is 3.64. The van der Waals surface area contributed by atoms with E-state index in [1.54, 1.807) is 18.2 Å². The van der Waals surface area contributed by atoms with Gasteiger partial charge in [0.2, 0.25) is 0 Å². The number of aromatic hydroxyl groups is 1. The summed E-state index contributed by atoms with van der Waals surface area (Å²) in [6.07, 6.45) is 2.54. The molecule has 1 aliphatic rings. The van der Waals surface area contributed by atoms with Gasteiger partial charge >= 0.3 is 0 Å². The molecule has 0 radical (unpaired) electrons. The van der Waals surface area contributed by atoms with Crippen molar-refractivity contribution in [2.24, 2.45) is 0 Å². The van der Waals surface area contributed by atoms with Crippen LogP contribution >= 0.6 is 0 Å². The molecule has 1 heterocycles. The summed E-state index contributed by atoms with van der Waals surface area (Å²) in [5, 5.41) is 24.0. The molecule has 1 fully saturated rings. The third-order valence-corrected chi connectivity index (χ3v) is 5.65. The van der Waals surface area contributed by atoms with Crippen molar-refractivity contribution in [3.05, 3.63) is 78.4 Å². The highest BCUT2D eigenvalue weighted by Gasteiger charge is 2.38. The minimum atomic E-state index is 0.211. The normalized spacial score (nSPS) is 14.8. The summed E-state index contributed by atoms with van der Waals surface area (Å²) in [6.45, 7) is 2.32. The Kier molecular flexibility index (Phi) is 3.79. The minimum Gasteiger partial charge on any atom is -0.508 e. The number of rotatable bonds is 4. The van der Waals surface area contributed by atoms with Gasteiger partial charge in [0.25, 0.3) is 0 Å². The van der Waals surface area contributed by atoms with Gasteiger partial charge in [-0.25, -0.2) is 0 Å². The van der Waals surface area contributed by atoms with Crippen LogP contribution in [0, 0.1) is 0 Å². The molecule has 1 aromatic heterocycles. The molecule has 28 heavy (non-hydrogen) atoms. The lowest BCUT2D eigenvalue weighted by atomic mass is 9.96. The molecule has 0 bridgehead atoms. The third kappa shape index (κ3) is 2.97. The highest BCUT2D eigenvalue weighted by atomic mass is 16.3. The first-order valence-corrected chi connectivity index (χ1v) is 9.55. The molecule has 4 aromatic rings. The molecule has 1 aliphatic carbocycles. The Balaban J connectivity index is 1.56. The van der Waals surface area contributed by atoms with Crippen LogP contribution in [0.1, 0.15) is 25.3 Å². The van der Waals surface area contributed by atoms with E-state index in [9.17, 15) is 5.11 Å². The van der Waals surface area contributed by atoms with Crippen molar-refractivity contribution in [3.63, 3.8) is 0 Å². The Morgan fingerprint density at radius 3 is 2.32 bits per heavy atom. The molecule has 138 valence electrons. The number of fused-ring (bicyclic) bond motifs is 1. The average molecular weight is 367 g/mol. The number of phenols is 1. The number of nitrogens with zero attached hydrogens (tertiary/aromatic N) is 2. The molecule has 0 unspecified atom stereocenters. The zero-order valence-corrected chi connectivity index (χ0v) is 15.7. The number of hydrogen-bond acceptors (Lipinski definition) is 4. The topological polar surface area (TPSA) is 58.0 Å². The van der Waals surface area contributed by atoms with E-state index in [1.807, 2.05) is 24.3 Å². The van der Waals surface area contributed by atoms with Crippen molar-refractivity contribution in [1.82, 2.24) is 10.2 Å². The first kappa shape index (κ1) is 16.8. The van der Waals surface area contributed by atoms with Crippen LogP contribution in [0.3, 0.4) is 0 Å². The molecule has 4 nitrogen and oxygen atoms in total. The zero-order chi connectivity index (χ0) is 19.1. The quantitative estimate of drug-likeness (QED) is 0.479. The predicted octanol–water partition coefficient (Wildman–Crippen LogP) is 5.80. The SMILES string of the molecule is CC1(c2ccc(-c3nnc(Nc4cccc(O)c4)c4ccccc34)cc2)CC1. The molecule has 0 amide bonds. The molecule has 0 spiro atoms. The Bertz CT molecular complexity index is 1160. The lowest BCUT2D eigenvalue weighted by Gasteiger charge is -2.13. The van der Waals surface area contributed by atoms with Crippen molar-refractivity contribution in [2.45, 2.75) is 25.2 Å². The van der Waals surface area contributed by atoms with Gasteiger partial charge < -0.3 is 10.4 Å². The maximum absolute atomic E-state index is 9.71. The van der Waals surface area contributed by atoms with E-state index in [1.165, 1.54) is 18.4 Å². The van der Waals surface area contributed by atoms with Crippen LogP contribution in [-0.4, -0.2) is 15.3 Å². The van der Waals surface area contributed by atoms with Crippen LogP contribution < -0.4 is 5.32 Å². The van der Waals surface area contributed by atoms with Gasteiger partial charge in [0.05, 0.1) is 0 Å². The summed E-state index contributed by atoms with van der Waals surface area (Å²) in [4.78, 5) is 0. The van der Waals surface area contributed by atoms with Gasteiger partial charge in [-0.05, 0) is 36.0 Å². The van der Waals surface area contributed by atoms with E-state index in [2.05, 4.69) is 52.8 Å². The molecular weight excluding hydrogens is 346 g/mol. The zero-order valence-electron chi connectivity index (χ0n) is 15.7. The lowest BCUT2D eigenvalue weighted by Crippen LogP contribution is -2.00. The largest absolute Gasteiger partial charge is 0.508 e.